The Morgan fingerprint density at radius 1 is 1.30 bits per heavy atom. The molecule has 0 radical (unpaired) electrons. The minimum absolute atomic E-state index is 0. The lowest BCUT2D eigenvalue weighted by molar-refractivity contribution is -0.124. The van der Waals surface area contributed by atoms with E-state index < -0.39 is 6.04 Å². The third-order valence-corrected chi connectivity index (χ3v) is 3.99. The molecule has 1 aliphatic rings. The summed E-state index contributed by atoms with van der Waals surface area (Å²) in [6.07, 6.45) is 1.68. The quantitative estimate of drug-likeness (QED) is 0.817. The average molecular weight is 345 g/mol. The summed E-state index contributed by atoms with van der Waals surface area (Å²) >= 11 is 0. The van der Waals surface area contributed by atoms with Gasteiger partial charge < -0.3 is 25.3 Å². The minimum atomic E-state index is -0.482. The fourth-order valence-electron chi connectivity index (χ4n) is 2.59. The van der Waals surface area contributed by atoms with Crippen LogP contribution < -0.4 is 20.5 Å². The Morgan fingerprint density at radius 3 is 2.57 bits per heavy atom. The number of amides is 1. The minimum Gasteiger partial charge on any atom is -0.493 e. The number of halogens is 1. The number of ether oxygens (including phenoxy) is 3. The van der Waals surface area contributed by atoms with Crippen molar-refractivity contribution in [3.8, 4) is 11.5 Å². The molecular weight excluding hydrogens is 320 g/mol. The molecule has 1 unspecified atom stereocenters. The Kier molecular flexibility index (Phi) is 8.16. The zero-order chi connectivity index (χ0) is 15.9. The summed E-state index contributed by atoms with van der Waals surface area (Å²) in [6, 6.07) is 5.07. The van der Waals surface area contributed by atoms with Gasteiger partial charge in [-0.25, -0.2) is 0 Å². The first-order valence-corrected chi connectivity index (χ1v) is 7.47. The monoisotopic (exact) mass is 344 g/mol. The highest BCUT2D eigenvalue weighted by Crippen LogP contribution is 2.27. The first-order valence-electron chi connectivity index (χ1n) is 7.47. The predicted molar refractivity (Wildman–Crippen MR) is 90.2 cm³/mol. The Labute approximate surface area is 143 Å². The third kappa shape index (κ3) is 5.27. The number of nitrogens with two attached hydrogens (primary N) is 1. The fraction of sp³-hybridized carbons (Fsp3) is 0.562. The topological polar surface area (TPSA) is 82.8 Å². The lowest BCUT2D eigenvalue weighted by Crippen LogP contribution is -2.46. The van der Waals surface area contributed by atoms with Gasteiger partial charge in [0.1, 0.15) is 0 Å². The zero-order valence-corrected chi connectivity index (χ0v) is 14.4. The van der Waals surface area contributed by atoms with E-state index in [0.717, 1.165) is 18.4 Å². The molecule has 7 heteroatoms. The molecule has 23 heavy (non-hydrogen) atoms. The van der Waals surface area contributed by atoms with Gasteiger partial charge in [0.2, 0.25) is 5.91 Å². The van der Waals surface area contributed by atoms with Crippen molar-refractivity contribution in [1.82, 2.24) is 5.32 Å². The number of benzene rings is 1. The molecule has 1 aromatic rings. The van der Waals surface area contributed by atoms with Crippen molar-refractivity contribution in [1.29, 1.82) is 0 Å². The smallest absolute Gasteiger partial charge is 0.237 e. The molecule has 1 fully saturated rings. The van der Waals surface area contributed by atoms with Crippen LogP contribution in [-0.2, 0) is 16.1 Å². The molecule has 3 N–H and O–H groups in total. The Morgan fingerprint density at radius 2 is 1.96 bits per heavy atom. The summed E-state index contributed by atoms with van der Waals surface area (Å²) in [5.74, 6) is 1.38. The third-order valence-electron chi connectivity index (χ3n) is 3.99. The zero-order valence-electron chi connectivity index (χ0n) is 13.5. The van der Waals surface area contributed by atoms with Gasteiger partial charge in [0.15, 0.2) is 11.5 Å². The molecule has 1 saturated heterocycles. The lowest BCUT2D eigenvalue weighted by atomic mass is 9.92. The normalized spacial score (nSPS) is 16.1. The van der Waals surface area contributed by atoms with Gasteiger partial charge in [0.05, 0.1) is 20.3 Å². The molecule has 2 rings (SSSR count). The van der Waals surface area contributed by atoms with Crippen molar-refractivity contribution >= 4 is 18.3 Å². The number of rotatable bonds is 6. The molecule has 6 nitrogen and oxygen atoms in total. The van der Waals surface area contributed by atoms with Crippen LogP contribution in [0.3, 0.4) is 0 Å². The van der Waals surface area contributed by atoms with Crippen molar-refractivity contribution in [2.45, 2.75) is 25.4 Å². The molecule has 0 aliphatic carbocycles. The molecule has 1 amide bonds. The van der Waals surface area contributed by atoms with E-state index in [9.17, 15) is 4.79 Å². The number of carbonyl (C=O) groups is 1. The van der Waals surface area contributed by atoms with Gasteiger partial charge in [-0.2, -0.15) is 0 Å². The summed E-state index contributed by atoms with van der Waals surface area (Å²) in [7, 11) is 3.17. The van der Waals surface area contributed by atoms with E-state index in [4.69, 9.17) is 19.9 Å². The first kappa shape index (κ1) is 19.5. The van der Waals surface area contributed by atoms with Gasteiger partial charge in [0.25, 0.3) is 0 Å². The molecule has 0 saturated carbocycles. The number of carbonyl (C=O) groups excluding carboxylic acids is 1. The highest BCUT2D eigenvalue weighted by Gasteiger charge is 2.26. The predicted octanol–water partition coefficient (Wildman–Crippen LogP) is 1.50. The maximum Gasteiger partial charge on any atom is 0.237 e. The van der Waals surface area contributed by atoms with Crippen molar-refractivity contribution in [2.75, 3.05) is 27.4 Å². The maximum atomic E-state index is 12.2. The van der Waals surface area contributed by atoms with Crippen molar-refractivity contribution < 1.29 is 19.0 Å². The summed E-state index contributed by atoms with van der Waals surface area (Å²) in [5, 5.41) is 2.88. The van der Waals surface area contributed by atoms with E-state index in [0.29, 0.717) is 31.3 Å². The van der Waals surface area contributed by atoms with Gasteiger partial charge in [-0.1, -0.05) is 6.07 Å². The van der Waals surface area contributed by atoms with Gasteiger partial charge in [-0.05, 0) is 36.5 Å². The van der Waals surface area contributed by atoms with Crippen molar-refractivity contribution in [3.63, 3.8) is 0 Å². The van der Waals surface area contributed by atoms with Crippen LogP contribution in [0.5, 0.6) is 11.5 Å². The molecule has 0 bridgehead atoms. The van der Waals surface area contributed by atoms with Crippen molar-refractivity contribution in [3.05, 3.63) is 23.8 Å². The average Bonchev–Trinajstić information content (AvgIpc) is 2.59. The van der Waals surface area contributed by atoms with Gasteiger partial charge in [-0.15, -0.1) is 12.4 Å². The van der Waals surface area contributed by atoms with Crippen LogP contribution in [0.1, 0.15) is 18.4 Å². The van der Waals surface area contributed by atoms with E-state index in [1.165, 1.54) is 0 Å². The van der Waals surface area contributed by atoms with Crippen LogP contribution in [0.4, 0.5) is 0 Å². The van der Waals surface area contributed by atoms with Crippen LogP contribution in [0.2, 0.25) is 0 Å². The standard InChI is InChI=1S/C16H24N2O4.ClH/c1-20-13-4-3-11(9-14(13)21-2)10-18-16(19)15(17)12-5-7-22-8-6-12;/h3-4,9,12,15H,5-8,10,17H2,1-2H3,(H,18,19);1H. The maximum absolute atomic E-state index is 12.2. The Balaban J connectivity index is 0.00000264. The Hall–Kier alpha value is -1.50. The number of hydrogen-bond acceptors (Lipinski definition) is 5. The molecule has 1 aliphatic heterocycles. The number of methoxy groups -OCH3 is 2. The summed E-state index contributed by atoms with van der Waals surface area (Å²) < 4.78 is 15.7. The van der Waals surface area contributed by atoms with Crippen LogP contribution in [0, 0.1) is 5.92 Å². The molecule has 0 aromatic heterocycles. The van der Waals surface area contributed by atoms with Crippen LogP contribution in [0.15, 0.2) is 18.2 Å². The molecule has 1 aromatic carbocycles. The van der Waals surface area contributed by atoms with Crippen LogP contribution in [-0.4, -0.2) is 39.4 Å². The molecule has 1 heterocycles. The molecule has 0 spiro atoms. The van der Waals surface area contributed by atoms with Gasteiger partial charge in [-0.3, -0.25) is 4.79 Å². The second-order valence-electron chi connectivity index (χ2n) is 5.38. The van der Waals surface area contributed by atoms with Crippen LogP contribution >= 0.6 is 12.4 Å². The first-order chi connectivity index (χ1) is 10.7. The van der Waals surface area contributed by atoms with E-state index >= 15 is 0 Å². The highest BCUT2D eigenvalue weighted by molar-refractivity contribution is 5.85. The largest absolute Gasteiger partial charge is 0.493 e. The van der Waals surface area contributed by atoms with E-state index in [1.54, 1.807) is 14.2 Å². The second kappa shape index (κ2) is 9.60. The highest BCUT2D eigenvalue weighted by atomic mass is 35.5. The fourth-order valence-corrected chi connectivity index (χ4v) is 2.59. The summed E-state index contributed by atoms with van der Waals surface area (Å²) in [6.45, 7) is 1.78. The second-order valence-corrected chi connectivity index (χ2v) is 5.38. The SMILES string of the molecule is COc1ccc(CNC(=O)C(N)C2CCOCC2)cc1OC.Cl. The van der Waals surface area contributed by atoms with E-state index in [2.05, 4.69) is 5.32 Å². The van der Waals surface area contributed by atoms with Gasteiger partial charge in [0, 0.05) is 19.8 Å². The van der Waals surface area contributed by atoms with E-state index in [1.807, 2.05) is 18.2 Å². The Bertz CT molecular complexity index is 507. The van der Waals surface area contributed by atoms with Crippen molar-refractivity contribution in [2.24, 2.45) is 11.7 Å². The summed E-state index contributed by atoms with van der Waals surface area (Å²) in [4.78, 5) is 12.2. The van der Waals surface area contributed by atoms with Gasteiger partial charge >= 0.3 is 0 Å². The van der Waals surface area contributed by atoms with E-state index in [-0.39, 0.29) is 24.2 Å². The molecule has 1 atom stereocenters. The van der Waals surface area contributed by atoms with Crippen LogP contribution in [0.25, 0.3) is 0 Å². The summed E-state index contributed by atoms with van der Waals surface area (Å²) in [5.41, 5.74) is 6.98. The molecular formula is C16H25ClN2O4. The molecule has 130 valence electrons. The number of nitrogens with one attached hydrogen (secondary N) is 1. The lowest BCUT2D eigenvalue weighted by Gasteiger charge is -2.26. The number of hydrogen-bond donors (Lipinski definition) is 2.